The molecule has 2 aliphatic carbocycles. The molecule has 2 saturated carbocycles. The zero-order valence-electron chi connectivity index (χ0n) is 13.6. The van der Waals surface area contributed by atoms with Crippen LogP contribution in [0.15, 0.2) is 0 Å². The van der Waals surface area contributed by atoms with Crippen molar-refractivity contribution in [2.45, 2.75) is 78.0 Å². The lowest BCUT2D eigenvalue weighted by molar-refractivity contribution is 0.0496. The normalized spacial score (nSPS) is 23.9. The molecule has 0 saturated heterocycles. The van der Waals surface area contributed by atoms with E-state index in [1.807, 2.05) is 20.8 Å². The minimum absolute atomic E-state index is 0.203. The van der Waals surface area contributed by atoms with Crippen LogP contribution in [0.5, 0.6) is 0 Å². The molecule has 4 nitrogen and oxygen atoms in total. The largest absolute Gasteiger partial charge is 0.444 e. The van der Waals surface area contributed by atoms with E-state index in [2.05, 4.69) is 24.5 Å². The molecule has 0 aromatic heterocycles. The molecule has 116 valence electrons. The van der Waals surface area contributed by atoms with Crippen LogP contribution in [0.2, 0.25) is 0 Å². The fraction of sp³-hybridized carbons (Fsp3) is 0.938. The van der Waals surface area contributed by atoms with Crippen molar-refractivity contribution in [3.05, 3.63) is 0 Å². The zero-order chi connectivity index (χ0) is 15.0. The predicted octanol–water partition coefficient (Wildman–Crippen LogP) is 3.07. The Kier molecular flexibility index (Phi) is 4.33. The van der Waals surface area contributed by atoms with Crippen LogP contribution in [0.1, 0.15) is 60.3 Å². The number of amides is 1. The van der Waals surface area contributed by atoms with Crippen LogP contribution in [-0.4, -0.2) is 30.3 Å². The molecule has 20 heavy (non-hydrogen) atoms. The quantitative estimate of drug-likeness (QED) is 0.787. The molecular formula is C16H30N2O2. The molecule has 4 heteroatoms. The Balaban J connectivity index is 1.77. The summed E-state index contributed by atoms with van der Waals surface area (Å²) in [6.45, 7) is 11.1. The maximum atomic E-state index is 11.9. The van der Waals surface area contributed by atoms with Crippen LogP contribution in [0.3, 0.4) is 0 Å². The fourth-order valence-electron chi connectivity index (χ4n) is 2.47. The Morgan fingerprint density at radius 1 is 1.35 bits per heavy atom. The third-order valence-electron chi connectivity index (χ3n) is 4.62. The van der Waals surface area contributed by atoms with E-state index < -0.39 is 5.60 Å². The van der Waals surface area contributed by atoms with Crippen molar-refractivity contribution in [2.75, 3.05) is 6.54 Å². The third-order valence-corrected chi connectivity index (χ3v) is 4.62. The maximum Gasteiger partial charge on any atom is 0.407 e. The second-order valence-electron chi connectivity index (χ2n) is 7.87. The Morgan fingerprint density at radius 2 is 1.95 bits per heavy atom. The van der Waals surface area contributed by atoms with Crippen molar-refractivity contribution in [1.82, 2.24) is 10.6 Å². The molecule has 0 aromatic carbocycles. The van der Waals surface area contributed by atoms with Gasteiger partial charge in [-0.1, -0.05) is 6.92 Å². The summed E-state index contributed by atoms with van der Waals surface area (Å²) < 4.78 is 5.35. The lowest BCUT2D eigenvalue weighted by Gasteiger charge is -2.26. The van der Waals surface area contributed by atoms with Gasteiger partial charge in [0.05, 0.1) is 0 Å². The zero-order valence-corrected chi connectivity index (χ0v) is 13.6. The summed E-state index contributed by atoms with van der Waals surface area (Å²) in [5.74, 6) is 0.620. The van der Waals surface area contributed by atoms with Crippen LogP contribution in [0, 0.1) is 11.3 Å². The molecule has 2 rings (SSSR count). The smallest absolute Gasteiger partial charge is 0.407 e. The number of ether oxygens (including phenoxy) is 1. The van der Waals surface area contributed by atoms with Gasteiger partial charge in [0.25, 0.3) is 0 Å². The molecule has 2 aliphatic rings. The fourth-order valence-corrected chi connectivity index (χ4v) is 2.47. The van der Waals surface area contributed by atoms with Crippen molar-refractivity contribution in [1.29, 1.82) is 0 Å². The summed E-state index contributed by atoms with van der Waals surface area (Å²) in [6, 6.07) is 0.721. The first-order valence-electron chi connectivity index (χ1n) is 7.92. The highest BCUT2D eigenvalue weighted by molar-refractivity contribution is 5.68. The summed E-state index contributed by atoms with van der Waals surface area (Å²) in [7, 11) is 0. The number of carbonyl (C=O) groups is 1. The van der Waals surface area contributed by atoms with Gasteiger partial charge in [0, 0.05) is 18.6 Å². The average molecular weight is 282 g/mol. The van der Waals surface area contributed by atoms with E-state index in [1.165, 1.54) is 25.7 Å². The molecule has 1 amide bonds. The Labute approximate surface area is 123 Å². The van der Waals surface area contributed by atoms with Crippen LogP contribution in [0.4, 0.5) is 4.79 Å². The first-order chi connectivity index (χ1) is 9.20. The van der Waals surface area contributed by atoms with Gasteiger partial charge in [-0.15, -0.1) is 0 Å². The first-order valence-corrected chi connectivity index (χ1v) is 7.92. The molecule has 0 bridgehead atoms. The van der Waals surface area contributed by atoms with Crippen molar-refractivity contribution in [3.8, 4) is 0 Å². The van der Waals surface area contributed by atoms with Gasteiger partial charge in [-0.3, -0.25) is 0 Å². The number of rotatable bonds is 6. The maximum absolute atomic E-state index is 11.9. The number of nitrogens with one attached hydrogen (secondary N) is 2. The molecule has 0 spiro atoms. The van der Waals surface area contributed by atoms with Crippen LogP contribution in [-0.2, 0) is 4.74 Å². The van der Waals surface area contributed by atoms with Gasteiger partial charge >= 0.3 is 6.09 Å². The van der Waals surface area contributed by atoms with Gasteiger partial charge in [0.2, 0.25) is 0 Å². The summed E-state index contributed by atoms with van der Waals surface area (Å²) in [4.78, 5) is 11.9. The van der Waals surface area contributed by atoms with E-state index in [0.717, 1.165) is 6.54 Å². The van der Waals surface area contributed by atoms with Crippen LogP contribution < -0.4 is 10.6 Å². The van der Waals surface area contributed by atoms with Crippen molar-refractivity contribution in [3.63, 3.8) is 0 Å². The Morgan fingerprint density at radius 3 is 2.40 bits per heavy atom. The SMILES string of the molecule is CC(NCC(NC(=O)OC(C)(C)C)C1CC1)C1(C)CC1. The number of alkyl carbamates (subject to hydrolysis) is 1. The molecule has 0 aromatic rings. The van der Waals surface area contributed by atoms with E-state index in [4.69, 9.17) is 4.74 Å². The molecular weight excluding hydrogens is 252 g/mol. The van der Waals surface area contributed by atoms with Gasteiger partial charge < -0.3 is 15.4 Å². The molecule has 2 atom stereocenters. The second-order valence-corrected chi connectivity index (χ2v) is 7.87. The standard InChI is InChI=1S/C16H30N2O2/c1-11(16(5)8-9-16)17-10-13(12-6-7-12)18-14(19)20-15(2,3)4/h11-13,17H,6-10H2,1-5H3,(H,18,19). The number of hydrogen-bond acceptors (Lipinski definition) is 3. The monoisotopic (exact) mass is 282 g/mol. The molecule has 2 fully saturated rings. The summed E-state index contributed by atoms with van der Waals surface area (Å²) in [5, 5.41) is 6.64. The highest BCUT2D eigenvalue weighted by atomic mass is 16.6. The van der Waals surface area contributed by atoms with Crippen LogP contribution >= 0.6 is 0 Å². The molecule has 0 heterocycles. The Bertz CT molecular complexity index is 354. The topological polar surface area (TPSA) is 50.4 Å². The van der Waals surface area contributed by atoms with E-state index in [-0.39, 0.29) is 12.1 Å². The highest BCUT2D eigenvalue weighted by Crippen LogP contribution is 2.48. The number of hydrogen-bond donors (Lipinski definition) is 2. The lowest BCUT2D eigenvalue weighted by Crippen LogP contribution is -2.48. The minimum atomic E-state index is -0.430. The average Bonchev–Trinajstić information content (AvgIpc) is 3.15. The van der Waals surface area contributed by atoms with Gasteiger partial charge in [0.15, 0.2) is 0 Å². The van der Waals surface area contributed by atoms with Crippen molar-refractivity contribution >= 4 is 6.09 Å². The van der Waals surface area contributed by atoms with E-state index in [1.54, 1.807) is 0 Å². The third kappa shape index (κ3) is 4.65. The Hall–Kier alpha value is -0.770. The predicted molar refractivity (Wildman–Crippen MR) is 80.7 cm³/mol. The van der Waals surface area contributed by atoms with E-state index in [9.17, 15) is 4.79 Å². The van der Waals surface area contributed by atoms with Gasteiger partial charge in [-0.2, -0.15) is 0 Å². The van der Waals surface area contributed by atoms with Crippen molar-refractivity contribution in [2.24, 2.45) is 11.3 Å². The summed E-state index contributed by atoms with van der Waals surface area (Å²) >= 11 is 0. The highest BCUT2D eigenvalue weighted by Gasteiger charge is 2.43. The molecule has 0 aliphatic heterocycles. The summed E-state index contributed by atoms with van der Waals surface area (Å²) in [6.07, 6.45) is 4.77. The second kappa shape index (κ2) is 5.55. The van der Waals surface area contributed by atoms with Gasteiger partial charge in [-0.25, -0.2) is 4.79 Å². The lowest BCUT2D eigenvalue weighted by atomic mass is 10.0. The summed E-state index contributed by atoms with van der Waals surface area (Å²) in [5.41, 5.74) is 0.0421. The molecule has 2 unspecified atom stereocenters. The molecule has 0 radical (unpaired) electrons. The van der Waals surface area contributed by atoms with Gasteiger partial charge in [-0.05, 0) is 64.7 Å². The first kappa shape index (κ1) is 15.6. The minimum Gasteiger partial charge on any atom is -0.444 e. The molecule has 2 N–H and O–H groups in total. The van der Waals surface area contributed by atoms with Crippen LogP contribution in [0.25, 0.3) is 0 Å². The van der Waals surface area contributed by atoms with Gasteiger partial charge in [0.1, 0.15) is 5.60 Å². The van der Waals surface area contributed by atoms with E-state index in [0.29, 0.717) is 17.4 Å². The van der Waals surface area contributed by atoms with Crippen molar-refractivity contribution < 1.29 is 9.53 Å². The van der Waals surface area contributed by atoms with E-state index >= 15 is 0 Å². The number of carbonyl (C=O) groups excluding carboxylic acids is 1.